The number of alkyl halides is 3. The summed E-state index contributed by atoms with van der Waals surface area (Å²) in [6.45, 7) is 12.6. The molecule has 0 aliphatic heterocycles. The lowest BCUT2D eigenvalue weighted by molar-refractivity contribution is -0.138. The second-order valence-electron chi connectivity index (χ2n) is 6.48. The topological polar surface area (TPSA) is 12.5 Å². The molecule has 0 aromatic heterocycles. The van der Waals surface area contributed by atoms with Crippen LogP contribution in [0.4, 0.5) is 18.9 Å². The number of aryl methyl sites for hydroxylation is 2. The first kappa shape index (κ1) is 25.3. The maximum Gasteiger partial charge on any atom is 0.419 e. The number of benzene rings is 2. The molecule has 2 aromatic rings. The zero-order valence-electron chi connectivity index (χ0n) is 17.5. The van der Waals surface area contributed by atoms with Crippen molar-refractivity contribution in [1.82, 2.24) is 0 Å². The summed E-state index contributed by atoms with van der Waals surface area (Å²) in [5.74, 6) is -0.141. The van der Waals surface area contributed by atoms with Gasteiger partial charge in [-0.15, -0.1) is 0 Å². The second-order valence-corrected chi connectivity index (χ2v) is 6.48. The van der Waals surface area contributed by atoms with E-state index >= 15 is 0 Å². The van der Waals surface area contributed by atoms with Gasteiger partial charge < -0.3 is 9.64 Å². The maximum absolute atomic E-state index is 12.3. The lowest BCUT2D eigenvalue weighted by Gasteiger charge is -2.11. The van der Waals surface area contributed by atoms with Crippen molar-refractivity contribution in [3.05, 3.63) is 84.0 Å². The molecule has 0 spiro atoms. The van der Waals surface area contributed by atoms with Gasteiger partial charge in [0.2, 0.25) is 0 Å². The van der Waals surface area contributed by atoms with Crippen LogP contribution in [0.2, 0.25) is 0 Å². The van der Waals surface area contributed by atoms with Gasteiger partial charge in [-0.3, -0.25) is 0 Å². The minimum atomic E-state index is -4.35. The number of rotatable bonds is 3. The summed E-state index contributed by atoms with van der Waals surface area (Å²) in [5, 5.41) is 0. The van der Waals surface area contributed by atoms with Gasteiger partial charge in [-0.05, 0) is 45.0 Å². The van der Waals surface area contributed by atoms with Crippen molar-refractivity contribution in [3.8, 4) is 5.75 Å². The van der Waals surface area contributed by atoms with Crippen molar-refractivity contribution in [2.45, 2.75) is 26.9 Å². The lowest BCUT2D eigenvalue weighted by Crippen LogP contribution is -2.07. The van der Waals surface area contributed by atoms with Crippen LogP contribution in [0, 0.1) is 13.8 Å². The number of anilines is 1. The van der Waals surface area contributed by atoms with Crippen LogP contribution in [0.1, 0.15) is 23.6 Å². The van der Waals surface area contributed by atoms with E-state index in [1.165, 1.54) is 24.4 Å². The molecule has 0 unspecified atom stereocenters. The molecule has 0 heterocycles. The molecule has 2 nitrogen and oxygen atoms in total. The van der Waals surface area contributed by atoms with E-state index in [9.17, 15) is 13.2 Å². The van der Waals surface area contributed by atoms with Crippen LogP contribution in [-0.4, -0.2) is 21.2 Å². The summed E-state index contributed by atoms with van der Waals surface area (Å²) in [7, 11) is 5.31. The minimum absolute atomic E-state index is 0.141. The second kappa shape index (κ2) is 11.9. The molecule has 0 amide bonds. The molecule has 154 valence electrons. The Kier molecular flexibility index (Phi) is 10.8. The van der Waals surface area contributed by atoms with Gasteiger partial charge in [0.25, 0.3) is 0 Å². The van der Waals surface area contributed by atoms with E-state index < -0.39 is 11.7 Å². The van der Waals surface area contributed by atoms with Crippen LogP contribution in [0.5, 0.6) is 5.75 Å². The molecule has 0 saturated carbocycles. The van der Waals surface area contributed by atoms with Crippen molar-refractivity contribution in [1.29, 1.82) is 0 Å². The highest BCUT2D eigenvalue weighted by Crippen LogP contribution is 2.36. The first-order valence-electron chi connectivity index (χ1n) is 8.66. The molecular weight excluding hydrogens is 363 g/mol. The van der Waals surface area contributed by atoms with Gasteiger partial charge in [-0.1, -0.05) is 54.1 Å². The molecule has 28 heavy (non-hydrogen) atoms. The Labute approximate surface area is 167 Å². The summed E-state index contributed by atoms with van der Waals surface area (Å²) in [5.41, 5.74) is 3.42. The van der Waals surface area contributed by atoms with Gasteiger partial charge in [0, 0.05) is 19.8 Å². The fraction of sp³-hybridized carbons (Fsp3) is 0.304. The zero-order chi connectivity index (χ0) is 21.9. The number of nitrogens with zero attached hydrogens (tertiary/aromatic N) is 1. The van der Waals surface area contributed by atoms with E-state index in [0.717, 1.165) is 11.6 Å². The predicted molar refractivity (Wildman–Crippen MR) is 113 cm³/mol. The lowest BCUT2D eigenvalue weighted by atomic mass is 10.1. The number of hydrogen-bond acceptors (Lipinski definition) is 2. The SMILES string of the molecule is C=CC(=C)C.COc1ccc(C)cc1C(F)(F)F.Cc1ccc(N(C)C)cc1. The Hall–Kier alpha value is -2.69. The Morgan fingerprint density at radius 1 is 1.00 bits per heavy atom. The van der Waals surface area contributed by atoms with Crippen molar-refractivity contribution in [3.63, 3.8) is 0 Å². The minimum Gasteiger partial charge on any atom is -0.496 e. The molecule has 0 saturated heterocycles. The van der Waals surface area contributed by atoms with Crippen LogP contribution in [0.25, 0.3) is 0 Å². The third-order valence-electron chi connectivity index (χ3n) is 3.56. The van der Waals surface area contributed by atoms with Crippen LogP contribution in [0.3, 0.4) is 0 Å². The number of hydrogen-bond donors (Lipinski definition) is 0. The van der Waals surface area contributed by atoms with Crippen molar-refractivity contribution < 1.29 is 17.9 Å². The first-order valence-corrected chi connectivity index (χ1v) is 8.66. The van der Waals surface area contributed by atoms with Crippen LogP contribution < -0.4 is 9.64 Å². The predicted octanol–water partition coefficient (Wildman–Crippen LogP) is 6.83. The quantitative estimate of drug-likeness (QED) is 0.530. The van der Waals surface area contributed by atoms with Gasteiger partial charge in [0.15, 0.2) is 0 Å². The molecule has 2 aromatic carbocycles. The van der Waals surface area contributed by atoms with Crippen LogP contribution >= 0.6 is 0 Å². The van der Waals surface area contributed by atoms with Gasteiger partial charge >= 0.3 is 6.18 Å². The van der Waals surface area contributed by atoms with Crippen molar-refractivity contribution >= 4 is 5.69 Å². The van der Waals surface area contributed by atoms with Crippen LogP contribution in [0.15, 0.2) is 67.3 Å². The fourth-order valence-corrected chi connectivity index (χ4v) is 1.89. The highest BCUT2D eigenvalue weighted by atomic mass is 19.4. The van der Waals surface area contributed by atoms with Crippen molar-refractivity contribution in [2.75, 3.05) is 26.1 Å². The molecule has 0 N–H and O–H groups in total. The Morgan fingerprint density at radius 3 is 1.82 bits per heavy atom. The average Bonchev–Trinajstić information content (AvgIpc) is 2.62. The highest BCUT2D eigenvalue weighted by molar-refractivity contribution is 5.45. The number of ether oxygens (including phenoxy) is 1. The molecule has 0 radical (unpaired) electrons. The molecule has 0 bridgehead atoms. The Bertz CT molecular complexity index is 747. The number of methoxy groups -OCH3 is 1. The van der Waals surface area contributed by atoms with Gasteiger partial charge in [0.1, 0.15) is 5.75 Å². The third kappa shape index (κ3) is 9.86. The van der Waals surface area contributed by atoms with E-state index in [1.54, 1.807) is 19.1 Å². The number of allylic oxidation sites excluding steroid dienone is 2. The van der Waals surface area contributed by atoms with E-state index in [2.05, 4.69) is 54.0 Å². The molecular formula is C23H30F3NO. The molecule has 0 aliphatic rings. The summed E-state index contributed by atoms with van der Waals surface area (Å²) in [6, 6.07) is 12.4. The first-order chi connectivity index (χ1) is 12.9. The normalized spacial score (nSPS) is 9.89. The number of halogens is 3. The molecule has 5 heteroatoms. The maximum atomic E-state index is 12.3. The summed E-state index contributed by atoms with van der Waals surface area (Å²) in [6.07, 6.45) is -2.63. The standard InChI is InChI=1S/C9H9F3O.C9H13N.C5H8/c1-6-3-4-8(13-2)7(5-6)9(10,11)12;1-8-4-6-9(7-5-8)10(2)3;1-4-5(2)3/h3-5H,1-2H3;4-7H,1-3H3;4H,1-2H2,3H3. The highest BCUT2D eigenvalue weighted by Gasteiger charge is 2.34. The summed E-state index contributed by atoms with van der Waals surface area (Å²) < 4.78 is 41.6. The van der Waals surface area contributed by atoms with Gasteiger partial charge in [-0.25, -0.2) is 0 Å². The van der Waals surface area contributed by atoms with E-state index in [0.29, 0.717) is 5.56 Å². The van der Waals surface area contributed by atoms with E-state index in [1.807, 2.05) is 21.0 Å². The smallest absolute Gasteiger partial charge is 0.419 e. The van der Waals surface area contributed by atoms with Gasteiger partial charge in [0.05, 0.1) is 12.7 Å². The Balaban J connectivity index is 0.000000431. The fourth-order valence-electron chi connectivity index (χ4n) is 1.89. The largest absolute Gasteiger partial charge is 0.496 e. The summed E-state index contributed by atoms with van der Waals surface area (Å²) in [4.78, 5) is 2.10. The molecule has 0 aliphatic carbocycles. The molecule has 2 rings (SSSR count). The third-order valence-corrected chi connectivity index (χ3v) is 3.56. The van der Waals surface area contributed by atoms with E-state index in [-0.39, 0.29) is 5.75 Å². The Morgan fingerprint density at radius 2 is 1.46 bits per heavy atom. The molecule has 0 fully saturated rings. The van der Waals surface area contributed by atoms with E-state index in [4.69, 9.17) is 0 Å². The monoisotopic (exact) mass is 393 g/mol. The van der Waals surface area contributed by atoms with Gasteiger partial charge in [-0.2, -0.15) is 13.2 Å². The average molecular weight is 393 g/mol. The zero-order valence-corrected chi connectivity index (χ0v) is 17.5. The summed E-state index contributed by atoms with van der Waals surface area (Å²) >= 11 is 0. The van der Waals surface area contributed by atoms with Crippen LogP contribution in [-0.2, 0) is 6.18 Å². The van der Waals surface area contributed by atoms with Crippen molar-refractivity contribution in [2.24, 2.45) is 0 Å². The molecule has 0 atom stereocenters.